The van der Waals surface area contributed by atoms with E-state index >= 15 is 0 Å². The fourth-order valence-corrected chi connectivity index (χ4v) is 1.47. The maximum atomic E-state index is 13.0. The van der Waals surface area contributed by atoms with Crippen LogP contribution in [0.1, 0.15) is 10.5 Å². The Kier molecular flexibility index (Phi) is 3.70. The van der Waals surface area contributed by atoms with Crippen LogP contribution in [0.3, 0.4) is 0 Å². The van der Waals surface area contributed by atoms with Crippen LogP contribution >= 0.6 is 0 Å². The van der Waals surface area contributed by atoms with Crippen LogP contribution in [0.5, 0.6) is 0 Å². The molecule has 98 valence electrons. The average Bonchev–Trinajstić information content (AvgIpc) is 2.43. The number of nitrogens with one attached hydrogen (secondary N) is 2. The van der Waals surface area contributed by atoms with Crippen LogP contribution in [0.2, 0.25) is 0 Å². The Balaban J connectivity index is 2.18. The lowest BCUT2D eigenvalue weighted by Crippen LogP contribution is -2.14. The minimum absolute atomic E-state index is 0.167. The summed E-state index contributed by atoms with van der Waals surface area (Å²) in [7, 11) is 1.68. The molecule has 0 aliphatic heterocycles. The van der Waals surface area contributed by atoms with Gasteiger partial charge in [0.15, 0.2) is 11.6 Å². The van der Waals surface area contributed by atoms with Crippen molar-refractivity contribution in [3.63, 3.8) is 0 Å². The van der Waals surface area contributed by atoms with Gasteiger partial charge in [0, 0.05) is 18.8 Å². The molecule has 0 saturated heterocycles. The number of nitrogens with zero attached hydrogens (tertiary/aromatic N) is 1. The quantitative estimate of drug-likeness (QED) is 0.895. The molecule has 2 aromatic rings. The molecule has 0 atom stereocenters. The minimum atomic E-state index is -1.02. The Hall–Kier alpha value is -2.50. The van der Waals surface area contributed by atoms with Gasteiger partial charge in [-0.1, -0.05) is 6.07 Å². The number of pyridine rings is 1. The second-order valence-electron chi connectivity index (χ2n) is 3.74. The number of benzene rings is 1. The van der Waals surface area contributed by atoms with Crippen LogP contribution in [0, 0.1) is 11.6 Å². The number of amides is 1. The molecule has 0 aliphatic rings. The summed E-state index contributed by atoms with van der Waals surface area (Å²) in [6, 6.07) is 8.03. The second-order valence-corrected chi connectivity index (χ2v) is 3.74. The van der Waals surface area contributed by atoms with Gasteiger partial charge in [-0.2, -0.15) is 0 Å². The molecule has 0 aliphatic carbocycles. The number of carbonyl (C=O) groups is 1. The average molecular weight is 263 g/mol. The van der Waals surface area contributed by atoms with E-state index < -0.39 is 17.5 Å². The predicted octanol–water partition coefficient (Wildman–Crippen LogP) is 2.65. The third-order valence-corrected chi connectivity index (χ3v) is 2.42. The first-order valence-corrected chi connectivity index (χ1v) is 5.51. The van der Waals surface area contributed by atoms with Crippen molar-refractivity contribution in [2.75, 3.05) is 17.7 Å². The molecule has 1 aromatic carbocycles. The SMILES string of the molecule is CNc1cccc(C(=O)Nc2ccc(F)c(F)c2)n1. The number of anilines is 2. The molecular weight excluding hydrogens is 252 g/mol. The van der Waals surface area contributed by atoms with Gasteiger partial charge in [-0.15, -0.1) is 0 Å². The van der Waals surface area contributed by atoms with Gasteiger partial charge in [0.25, 0.3) is 5.91 Å². The summed E-state index contributed by atoms with van der Waals surface area (Å²) in [5.74, 6) is -1.94. The highest BCUT2D eigenvalue weighted by atomic mass is 19.2. The lowest BCUT2D eigenvalue weighted by atomic mass is 10.2. The standard InChI is InChI=1S/C13H11F2N3O/c1-16-12-4-2-3-11(18-12)13(19)17-8-5-6-9(14)10(15)7-8/h2-7H,1H3,(H,16,18)(H,17,19). The van der Waals surface area contributed by atoms with Crippen molar-refractivity contribution in [2.24, 2.45) is 0 Å². The third kappa shape index (κ3) is 3.04. The zero-order valence-electron chi connectivity index (χ0n) is 10.1. The zero-order chi connectivity index (χ0) is 13.8. The van der Waals surface area contributed by atoms with Gasteiger partial charge in [0.05, 0.1) is 0 Å². The topological polar surface area (TPSA) is 54.0 Å². The van der Waals surface area contributed by atoms with E-state index in [2.05, 4.69) is 15.6 Å². The Labute approximate surface area is 108 Å². The smallest absolute Gasteiger partial charge is 0.274 e. The second kappa shape index (κ2) is 5.43. The van der Waals surface area contributed by atoms with Gasteiger partial charge in [-0.05, 0) is 24.3 Å². The first-order valence-electron chi connectivity index (χ1n) is 5.51. The third-order valence-electron chi connectivity index (χ3n) is 2.42. The van der Waals surface area contributed by atoms with Crippen LogP contribution in [-0.2, 0) is 0 Å². The molecule has 1 heterocycles. The first-order chi connectivity index (χ1) is 9.10. The van der Waals surface area contributed by atoms with Gasteiger partial charge in [-0.3, -0.25) is 4.79 Å². The number of halogens is 2. The maximum Gasteiger partial charge on any atom is 0.274 e. The molecule has 2 N–H and O–H groups in total. The number of aromatic nitrogens is 1. The molecule has 0 radical (unpaired) electrons. The highest BCUT2D eigenvalue weighted by Gasteiger charge is 2.10. The summed E-state index contributed by atoms with van der Waals surface area (Å²) < 4.78 is 25.7. The Morgan fingerprint density at radius 3 is 2.63 bits per heavy atom. The van der Waals surface area contributed by atoms with Gasteiger partial charge in [-0.25, -0.2) is 13.8 Å². The molecule has 19 heavy (non-hydrogen) atoms. The van der Waals surface area contributed by atoms with Crippen molar-refractivity contribution in [2.45, 2.75) is 0 Å². The van der Waals surface area contributed by atoms with Crippen molar-refractivity contribution < 1.29 is 13.6 Å². The van der Waals surface area contributed by atoms with Gasteiger partial charge in [0.2, 0.25) is 0 Å². The molecule has 0 spiro atoms. The zero-order valence-corrected chi connectivity index (χ0v) is 10.1. The lowest BCUT2D eigenvalue weighted by Gasteiger charge is -2.06. The van der Waals surface area contributed by atoms with Crippen LogP contribution < -0.4 is 10.6 Å². The monoisotopic (exact) mass is 263 g/mol. The molecule has 2 rings (SSSR count). The summed E-state index contributed by atoms with van der Waals surface area (Å²) >= 11 is 0. The molecule has 0 fully saturated rings. The molecule has 0 unspecified atom stereocenters. The number of hydrogen-bond donors (Lipinski definition) is 2. The largest absolute Gasteiger partial charge is 0.373 e. The fraction of sp³-hybridized carbons (Fsp3) is 0.0769. The highest BCUT2D eigenvalue weighted by molar-refractivity contribution is 6.03. The summed E-state index contributed by atoms with van der Waals surface area (Å²) in [6.45, 7) is 0. The van der Waals surface area contributed by atoms with Crippen molar-refractivity contribution >= 4 is 17.4 Å². The lowest BCUT2D eigenvalue weighted by molar-refractivity contribution is 0.102. The van der Waals surface area contributed by atoms with Crippen molar-refractivity contribution in [3.8, 4) is 0 Å². The van der Waals surface area contributed by atoms with E-state index in [1.807, 2.05) is 0 Å². The summed E-state index contributed by atoms with van der Waals surface area (Å²) in [6.07, 6.45) is 0. The van der Waals surface area contributed by atoms with E-state index in [1.165, 1.54) is 12.1 Å². The predicted molar refractivity (Wildman–Crippen MR) is 68.1 cm³/mol. The van der Waals surface area contributed by atoms with Crippen molar-refractivity contribution in [1.82, 2.24) is 4.98 Å². The molecule has 4 nitrogen and oxygen atoms in total. The minimum Gasteiger partial charge on any atom is -0.373 e. The van der Waals surface area contributed by atoms with Crippen molar-refractivity contribution in [1.29, 1.82) is 0 Å². The van der Waals surface area contributed by atoms with Crippen LogP contribution in [0.15, 0.2) is 36.4 Å². The Bertz CT molecular complexity index is 617. The first kappa shape index (κ1) is 12.9. The summed E-state index contributed by atoms with van der Waals surface area (Å²) in [5, 5.41) is 5.24. The Morgan fingerprint density at radius 2 is 1.95 bits per heavy atom. The summed E-state index contributed by atoms with van der Waals surface area (Å²) in [4.78, 5) is 15.9. The van der Waals surface area contributed by atoms with E-state index in [1.54, 1.807) is 19.2 Å². The number of carbonyl (C=O) groups excluding carboxylic acids is 1. The molecule has 1 aromatic heterocycles. The van der Waals surface area contributed by atoms with Crippen LogP contribution in [0.4, 0.5) is 20.3 Å². The van der Waals surface area contributed by atoms with E-state index in [9.17, 15) is 13.6 Å². The number of rotatable bonds is 3. The van der Waals surface area contributed by atoms with E-state index in [-0.39, 0.29) is 11.4 Å². The van der Waals surface area contributed by atoms with Gasteiger partial charge >= 0.3 is 0 Å². The van der Waals surface area contributed by atoms with Crippen LogP contribution in [0.25, 0.3) is 0 Å². The molecule has 0 saturated carbocycles. The Morgan fingerprint density at radius 1 is 1.16 bits per heavy atom. The molecule has 6 heteroatoms. The van der Waals surface area contributed by atoms with E-state index in [4.69, 9.17) is 0 Å². The van der Waals surface area contributed by atoms with E-state index in [0.29, 0.717) is 5.82 Å². The summed E-state index contributed by atoms with van der Waals surface area (Å²) in [5.41, 5.74) is 0.345. The maximum absolute atomic E-state index is 13.0. The number of hydrogen-bond acceptors (Lipinski definition) is 3. The highest BCUT2D eigenvalue weighted by Crippen LogP contribution is 2.14. The van der Waals surface area contributed by atoms with Gasteiger partial charge < -0.3 is 10.6 Å². The fourth-order valence-electron chi connectivity index (χ4n) is 1.47. The molecule has 0 bridgehead atoms. The van der Waals surface area contributed by atoms with Crippen molar-refractivity contribution in [3.05, 3.63) is 53.7 Å². The normalized spacial score (nSPS) is 10.1. The molecule has 1 amide bonds. The molecular formula is C13H11F2N3O. The van der Waals surface area contributed by atoms with Gasteiger partial charge in [0.1, 0.15) is 11.5 Å². The van der Waals surface area contributed by atoms with Crippen LogP contribution in [-0.4, -0.2) is 17.9 Å². The van der Waals surface area contributed by atoms with E-state index in [0.717, 1.165) is 12.1 Å².